The number of benzene rings is 1. The summed E-state index contributed by atoms with van der Waals surface area (Å²) in [6.07, 6.45) is 0.754. The second kappa shape index (κ2) is 6.40. The summed E-state index contributed by atoms with van der Waals surface area (Å²) in [5.74, 6) is 0.240. The van der Waals surface area contributed by atoms with E-state index in [0.717, 1.165) is 12.0 Å². The lowest BCUT2D eigenvalue weighted by molar-refractivity contribution is 0.0908. The van der Waals surface area contributed by atoms with Gasteiger partial charge in [-0.25, -0.2) is 0 Å². The molecule has 0 aromatic heterocycles. The van der Waals surface area contributed by atoms with Gasteiger partial charge in [-0.2, -0.15) is 0 Å². The molecule has 100 valence electrons. The number of nitrogens with one attached hydrogen (secondary N) is 1. The van der Waals surface area contributed by atoms with Gasteiger partial charge in [-0.3, -0.25) is 4.79 Å². The molecule has 0 radical (unpaired) electrons. The zero-order valence-corrected chi connectivity index (χ0v) is 11.2. The summed E-state index contributed by atoms with van der Waals surface area (Å²) in [6.45, 7) is 5.88. The highest BCUT2D eigenvalue weighted by molar-refractivity contribution is 5.97. The number of hydrogen-bond donors (Lipinski definition) is 3. The van der Waals surface area contributed by atoms with E-state index in [2.05, 4.69) is 19.2 Å². The fourth-order valence-corrected chi connectivity index (χ4v) is 1.91. The molecule has 4 N–H and O–H groups in total. The lowest BCUT2D eigenvalue weighted by Crippen LogP contribution is -2.38. The van der Waals surface area contributed by atoms with Gasteiger partial charge in [-0.05, 0) is 37.0 Å². The normalized spacial score (nSPS) is 12.5. The van der Waals surface area contributed by atoms with Crippen molar-refractivity contribution < 1.29 is 9.90 Å². The Morgan fingerprint density at radius 1 is 1.44 bits per heavy atom. The first-order chi connectivity index (χ1) is 8.45. The molecule has 1 amide bonds. The molecular formula is C14H22N2O2. The molecule has 1 rings (SSSR count). The monoisotopic (exact) mass is 250 g/mol. The van der Waals surface area contributed by atoms with Gasteiger partial charge in [0.25, 0.3) is 5.91 Å². The minimum atomic E-state index is -0.210. The van der Waals surface area contributed by atoms with Crippen molar-refractivity contribution in [2.75, 3.05) is 12.3 Å². The Labute approximate surface area is 108 Å². The van der Waals surface area contributed by atoms with Crippen LogP contribution in [0.1, 0.15) is 36.2 Å². The number of nitrogen functional groups attached to an aromatic ring is 1. The van der Waals surface area contributed by atoms with Crippen molar-refractivity contribution in [3.8, 4) is 0 Å². The molecule has 1 atom stereocenters. The largest absolute Gasteiger partial charge is 0.398 e. The van der Waals surface area contributed by atoms with Crippen LogP contribution in [0.3, 0.4) is 0 Å². The molecule has 1 unspecified atom stereocenters. The van der Waals surface area contributed by atoms with Crippen molar-refractivity contribution in [1.29, 1.82) is 0 Å². The first-order valence-electron chi connectivity index (χ1n) is 6.22. The van der Waals surface area contributed by atoms with E-state index in [0.29, 0.717) is 17.2 Å². The Morgan fingerprint density at radius 3 is 2.67 bits per heavy atom. The number of aliphatic hydroxyl groups excluding tert-OH is 1. The third-order valence-corrected chi connectivity index (χ3v) is 2.93. The van der Waals surface area contributed by atoms with Crippen molar-refractivity contribution in [1.82, 2.24) is 5.32 Å². The first-order valence-corrected chi connectivity index (χ1v) is 6.22. The fraction of sp³-hybridized carbons (Fsp3) is 0.500. The summed E-state index contributed by atoms with van der Waals surface area (Å²) in [4.78, 5) is 12.1. The molecule has 0 aliphatic heterocycles. The van der Waals surface area contributed by atoms with Gasteiger partial charge in [0, 0.05) is 11.3 Å². The zero-order valence-electron chi connectivity index (χ0n) is 11.2. The number of rotatable bonds is 5. The highest BCUT2D eigenvalue weighted by Crippen LogP contribution is 2.16. The SMILES string of the molecule is Cc1c(N)cccc1C(=O)NC(CO)CC(C)C. The maximum Gasteiger partial charge on any atom is 0.251 e. The molecule has 0 spiro atoms. The second-order valence-electron chi connectivity index (χ2n) is 5.00. The fourth-order valence-electron chi connectivity index (χ4n) is 1.91. The first kappa shape index (κ1) is 14.5. The van der Waals surface area contributed by atoms with Gasteiger partial charge < -0.3 is 16.2 Å². The molecule has 18 heavy (non-hydrogen) atoms. The van der Waals surface area contributed by atoms with Crippen LogP contribution in [0.2, 0.25) is 0 Å². The van der Waals surface area contributed by atoms with E-state index in [1.54, 1.807) is 18.2 Å². The van der Waals surface area contributed by atoms with E-state index in [1.165, 1.54) is 0 Å². The molecule has 1 aromatic carbocycles. The number of carbonyl (C=O) groups is 1. The topological polar surface area (TPSA) is 75.4 Å². The van der Waals surface area contributed by atoms with Gasteiger partial charge in [0.15, 0.2) is 0 Å². The Morgan fingerprint density at radius 2 is 2.11 bits per heavy atom. The van der Waals surface area contributed by atoms with E-state index in [4.69, 9.17) is 5.73 Å². The molecular weight excluding hydrogens is 228 g/mol. The zero-order chi connectivity index (χ0) is 13.7. The third-order valence-electron chi connectivity index (χ3n) is 2.93. The number of amides is 1. The van der Waals surface area contributed by atoms with Crippen molar-refractivity contribution >= 4 is 11.6 Å². The van der Waals surface area contributed by atoms with Crippen LogP contribution in [-0.2, 0) is 0 Å². The van der Waals surface area contributed by atoms with Crippen molar-refractivity contribution in [3.63, 3.8) is 0 Å². The standard InChI is InChI=1S/C14H22N2O2/c1-9(2)7-11(8-17)16-14(18)12-5-4-6-13(15)10(12)3/h4-6,9,11,17H,7-8,15H2,1-3H3,(H,16,18). The van der Waals surface area contributed by atoms with Crippen molar-refractivity contribution in [2.24, 2.45) is 5.92 Å². The molecule has 0 heterocycles. The highest BCUT2D eigenvalue weighted by Gasteiger charge is 2.16. The van der Waals surface area contributed by atoms with Crippen molar-refractivity contribution in [2.45, 2.75) is 33.2 Å². The average molecular weight is 250 g/mol. The minimum Gasteiger partial charge on any atom is -0.398 e. The predicted molar refractivity (Wildman–Crippen MR) is 73.4 cm³/mol. The summed E-state index contributed by atoms with van der Waals surface area (Å²) in [5, 5.41) is 12.1. The third kappa shape index (κ3) is 3.74. The summed E-state index contributed by atoms with van der Waals surface area (Å²) >= 11 is 0. The molecule has 4 nitrogen and oxygen atoms in total. The number of aliphatic hydroxyl groups is 1. The van der Waals surface area contributed by atoms with E-state index >= 15 is 0 Å². The predicted octanol–water partition coefficient (Wildman–Crippen LogP) is 1.71. The van der Waals surface area contributed by atoms with Crippen LogP contribution in [0.4, 0.5) is 5.69 Å². The van der Waals surface area contributed by atoms with E-state index in [9.17, 15) is 9.90 Å². The summed E-state index contributed by atoms with van der Waals surface area (Å²) in [6, 6.07) is 5.06. The quantitative estimate of drug-likeness (QED) is 0.696. The van der Waals surface area contributed by atoms with Gasteiger partial charge >= 0.3 is 0 Å². The molecule has 0 saturated carbocycles. The summed E-state index contributed by atoms with van der Waals surface area (Å²) in [7, 11) is 0. The minimum absolute atomic E-state index is 0.0503. The molecule has 0 aliphatic carbocycles. The van der Waals surface area contributed by atoms with Gasteiger partial charge in [0.1, 0.15) is 0 Å². The van der Waals surface area contributed by atoms with Crippen LogP contribution in [0, 0.1) is 12.8 Å². The van der Waals surface area contributed by atoms with Crippen LogP contribution in [-0.4, -0.2) is 23.7 Å². The molecule has 0 fully saturated rings. The second-order valence-corrected chi connectivity index (χ2v) is 5.00. The lowest BCUT2D eigenvalue weighted by atomic mass is 10.0. The van der Waals surface area contributed by atoms with Gasteiger partial charge in [0.05, 0.1) is 12.6 Å². The van der Waals surface area contributed by atoms with Crippen LogP contribution in [0.15, 0.2) is 18.2 Å². The highest BCUT2D eigenvalue weighted by atomic mass is 16.3. The molecule has 0 aliphatic rings. The number of anilines is 1. The summed E-state index contributed by atoms with van der Waals surface area (Å²) < 4.78 is 0. The Bertz CT molecular complexity index is 416. The van der Waals surface area contributed by atoms with E-state index < -0.39 is 0 Å². The summed E-state index contributed by atoms with van der Waals surface area (Å²) in [5.41, 5.74) is 7.72. The van der Waals surface area contributed by atoms with Crippen LogP contribution in [0.25, 0.3) is 0 Å². The Balaban J connectivity index is 2.78. The number of nitrogens with two attached hydrogens (primary N) is 1. The van der Waals surface area contributed by atoms with Crippen molar-refractivity contribution in [3.05, 3.63) is 29.3 Å². The molecule has 4 heteroatoms. The molecule has 1 aromatic rings. The van der Waals surface area contributed by atoms with E-state index in [-0.39, 0.29) is 18.6 Å². The van der Waals surface area contributed by atoms with Crippen LogP contribution in [0.5, 0.6) is 0 Å². The maximum absolute atomic E-state index is 12.1. The smallest absolute Gasteiger partial charge is 0.251 e. The number of hydrogen-bond acceptors (Lipinski definition) is 3. The van der Waals surface area contributed by atoms with Gasteiger partial charge in [-0.1, -0.05) is 19.9 Å². The maximum atomic E-state index is 12.1. The molecule has 0 saturated heterocycles. The lowest BCUT2D eigenvalue weighted by Gasteiger charge is -2.19. The number of carbonyl (C=O) groups excluding carboxylic acids is 1. The van der Waals surface area contributed by atoms with Gasteiger partial charge in [-0.15, -0.1) is 0 Å². The Hall–Kier alpha value is -1.55. The van der Waals surface area contributed by atoms with Crippen LogP contribution >= 0.6 is 0 Å². The van der Waals surface area contributed by atoms with Crippen LogP contribution < -0.4 is 11.1 Å². The average Bonchev–Trinajstić information content (AvgIpc) is 2.31. The van der Waals surface area contributed by atoms with Gasteiger partial charge in [0.2, 0.25) is 0 Å². The van der Waals surface area contributed by atoms with E-state index in [1.807, 2.05) is 6.92 Å². The Kier molecular flexibility index (Phi) is 5.16. The molecule has 0 bridgehead atoms.